The molecule has 2 heteroatoms. The van der Waals surface area contributed by atoms with Crippen LogP contribution in [0.2, 0.25) is 4.31 Å². The van der Waals surface area contributed by atoms with Gasteiger partial charge in [-0.15, -0.1) is 0 Å². The molecule has 0 N–H and O–H groups in total. The Morgan fingerprint density at radius 1 is 0.962 bits per heavy atom. The van der Waals surface area contributed by atoms with Crippen molar-refractivity contribution in [3.05, 3.63) is 66.2 Å². The van der Waals surface area contributed by atoms with E-state index in [9.17, 15) is 4.79 Å². The molecule has 3 rings (SSSR count). The number of Topliss-reactive ketones (excluding diaryl/α,β-unsaturated/α-hetero) is 1. The molecule has 0 radical (unpaired) electrons. The molecule has 0 bridgehead atoms. The Labute approximate surface area is 164 Å². The molecule has 1 aliphatic carbocycles. The van der Waals surface area contributed by atoms with Crippen molar-refractivity contribution in [2.45, 2.75) is 63.1 Å². The van der Waals surface area contributed by atoms with Crippen LogP contribution in [-0.2, 0) is 4.79 Å². The molecule has 0 atom stereocenters. The predicted octanol–water partition coefficient (Wildman–Crippen LogP) is 5.54. The van der Waals surface area contributed by atoms with E-state index in [1.165, 1.54) is 35.7 Å². The molecular weight excluding hydrogens is 383 g/mol. The molecule has 0 aromatic heterocycles. The maximum absolute atomic E-state index is 12.9. The van der Waals surface area contributed by atoms with Gasteiger partial charge in [0, 0.05) is 0 Å². The number of carbonyl (C=O) groups excluding carboxylic acids is 1. The van der Waals surface area contributed by atoms with Crippen LogP contribution in [0, 0.1) is 5.41 Å². The Morgan fingerprint density at radius 3 is 2.04 bits per heavy atom. The number of hydrogen-bond donors (Lipinski definition) is 0. The summed E-state index contributed by atoms with van der Waals surface area (Å²) in [6.07, 6.45) is 5.49. The third-order valence-corrected chi connectivity index (χ3v) is 8.70. The Hall–Kier alpha value is -1.37. The van der Waals surface area contributed by atoms with E-state index < -0.39 is 0 Å². The molecule has 1 fully saturated rings. The van der Waals surface area contributed by atoms with Crippen LogP contribution in [0.5, 0.6) is 0 Å². The second kappa shape index (κ2) is 8.11. The van der Waals surface area contributed by atoms with E-state index in [0.717, 1.165) is 6.42 Å². The van der Waals surface area contributed by atoms with Crippen LogP contribution >= 0.6 is 0 Å². The number of rotatable bonds is 5. The van der Waals surface area contributed by atoms with Crippen LogP contribution in [0.25, 0.3) is 0 Å². The SMILES string of the molecule is CC(C)(C)C(=O)CC1([Se]c2ccccc2)CCC(c2ccccc2)CC1. The van der Waals surface area contributed by atoms with Gasteiger partial charge in [-0.25, -0.2) is 0 Å². The first kappa shape index (κ1) is 19.4. The summed E-state index contributed by atoms with van der Waals surface area (Å²) in [6.45, 7) is 6.19. The predicted molar refractivity (Wildman–Crippen MR) is 111 cm³/mol. The average Bonchev–Trinajstić information content (AvgIpc) is 2.63. The molecule has 0 amide bonds. The van der Waals surface area contributed by atoms with Crippen molar-refractivity contribution in [2.24, 2.45) is 5.41 Å². The Kier molecular flexibility index (Phi) is 6.05. The van der Waals surface area contributed by atoms with E-state index in [0.29, 0.717) is 26.7 Å². The molecule has 26 heavy (non-hydrogen) atoms. The van der Waals surface area contributed by atoms with Gasteiger partial charge in [0.2, 0.25) is 0 Å². The molecule has 0 saturated heterocycles. The molecule has 0 aliphatic heterocycles. The maximum atomic E-state index is 12.9. The van der Waals surface area contributed by atoms with Gasteiger partial charge in [-0.2, -0.15) is 0 Å². The van der Waals surface area contributed by atoms with Crippen molar-refractivity contribution < 1.29 is 4.79 Å². The third-order valence-electron chi connectivity index (χ3n) is 5.56. The Bertz CT molecular complexity index is 707. The molecule has 0 unspecified atom stereocenters. The van der Waals surface area contributed by atoms with Gasteiger partial charge in [-0.1, -0.05) is 0 Å². The van der Waals surface area contributed by atoms with Crippen molar-refractivity contribution in [3.63, 3.8) is 0 Å². The van der Waals surface area contributed by atoms with Crippen molar-refractivity contribution in [1.29, 1.82) is 0 Å². The summed E-state index contributed by atoms with van der Waals surface area (Å²) in [5.41, 5.74) is 1.23. The molecule has 2 aromatic rings. The topological polar surface area (TPSA) is 17.1 Å². The van der Waals surface area contributed by atoms with Gasteiger partial charge in [0.05, 0.1) is 0 Å². The monoisotopic (exact) mass is 414 g/mol. The summed E-state index contributed by atoms with van der Waals surface area (Å²) >= 11 is 0.344. The molecule has 1 aliphatic rings. The molecule has 2 aromatic carbocycles. The van der Waals surface area contributed by atoms with Crippen LogP contribution in [0.1, 0.15) is 64.4 Å². The van der Waals surface area contributed by atoms with Gasteiger partial charge in [0.1, 0.15) is 0 Å². The number of benzene rings is 2. The van der Waals surface area contributed by atoms with Crippen LogP contribution in [-0.4, -0.2) is 20.7 Å². The van der Waals surface area contributed by atoms with Gasteiger partial charge < -0.3 is 0 Å². The summed E-state index contributed by atoms with van der Waals surface area (Å²) < 4.78 is 1.61. The molecule has 1 nitrogen and oxygen atoms in total. The van der Waals surface area contributed by atoms with E-state index in [-0.39, 0.29) is 9.73 Å². The van der Waals surface area contributed by atoms with Crippen LogP contribution < -0.4 is 4.46 Å². The normalized spacial score (nSPS) is 23.6. The Balaban J connectivity index is 1.77. The van der Waals surface area contributed by atoms with Gasteiger partial charge in [-0.3, -0.25) is 0 Å². The molecule has 138 valence electrons. The van der Waals surface area contributed by atoms with Crippen LogP contribution in [0.3, 0.4) is 0 Å². The van der Waals surface area contributed by atoms with E-state index in [2.05, 4.69) is 81.4 Å². The zero-order valence-corrected chi connectivity index (χ0v) is 17.9. The van der Waals surface area contributed by atoms with Gasteiger partial charge in [0.15, 0.2) is 0 Å². The fraction of sp³-hybridized carbons (Fsp3) is 0.458. The van der Waals surface area contributed by atoms with E-state index in [1.54, 1.807) is 0 Å². The number of hydrogen-bond acceptors (Lipinski definition) is 1. The van der Waals surface area contributed by atoms with Gasteiger partial charge >= 0.3 is 165 Å². The van der Waals surface area contributed by atoms with Gasteiger partial charge in [-0.05, 0) is 0 Å². The van der Waals surface area contributed by atoms with Crippen molar-refractivity contribution >= 4 is 25.2 Å². The van der Waals surface area contributed by atoms with Crippen molar-refractivity contribution in [3.8, 4) is 0 Å². The van der Waals surface area contributed by atoms with Crippen molar-refractivity contribution in [2.75, 3.05) is 0 Å². The quantitative estimate of drug-likeness (QED) is 0.589. The van der Waals surface area contributed by atoms with E-state index in [1.807, 2.05) is 0 Å². The summed E-state index contributed by atoms with van der Waals surface area (Å²) in [5.74, 6) is 1.08. The summed E-state index contributed by atoms with van der Waals surface area (Å²) in [6, 6.07) is 21.7. The molecular formula is C24H30OSe. The first-order valence-corrected chi connectivity index (χ1v) is 11.4. The van der Waals surface area contributed by atoms with Crippen molar-refractivity contribution in [1.82, 2.24) is 0 Å². The Morgan fingerprint density at radius 2 is 1.50 bits per heavy atom. The minimum absolute atomic E-state index is 0.185. The summed E-state index contributed by atoms with van der Waals surface area (Å²) in [5, 5.41) is 0. The average molecular weight is 413 g/mol. The molecule has 0 heterocycles. The number of ketones is 1. The third kappa shape index (κ3) is 4.87. The summed E-state index contributed by atoms with van der Waals surface area (Å²) in [4.78, 5) is 12.9. The molecule has 1 saturated carbocycles. The number of carbonyl (C=O) groups is 1. The zero-order valence-electron chi connectivity index (χ0n) is 16.2. The molecule has 0 spiro atoms. The van der Waals surface area contributed by atoms with Crippen LogP contribution in [0.15, 0.2) is 60.7 Å². The second-order valence-electron chi connectivity index (χ2n) is 8.63. The second-order valence-corrected chi connectivity index (χ2v) is 11.9. The first-order valence-electron chi connectivity index (χ1n) is 9.70. The standard InChI is InChI=1S/C24H30OSe/c1-23(2,3)22(25)18-24(26-21-12-8-5-9-13-21)16-14-20(15-17-24)19-10-6-4-7-11-19/h4-13,20H,14-18H2,1-3H3. The zero-order chi connectivity index (χ0) is 18.6. The van der Waals surface area contributed by atoms with E-state index in [4.69, 9.17) is 0 Å². The minimum atomic E-state index is -0.240. The van der Waals surface area contributed by atoms with E-state index >= 15 is 0 Å². The first-order chi connectivity index (χ1) is 12.4. The fourth-order valence-corrected chi connectivity index (χ4v) is 6.83. The van der Waals surface area contributed by atoms with Gasteiger partial charge in [0.25, 0.3) is 0 Å². The summed E-state index contributed by atoms with van der Waals surface area (Å²) in [7, 11) is 0. The fourth-order valence-electron chi connectivity index (χ4n) is 3.81. The van der Waals surface area contributed by atoms with Crippen LogP contribution in [0.4, 0.5) is 0 Å².